The molecule has 3 atom stereocenters. The molecule has 0 heterocycles. The van der Waals surface area contributed by atoms with E-state index in [-0.39, 0.29) is 6.61 Å². The summed E-state index contributed by atoms with van der Waals surface area (Å²) in [6.07, 6.45) is -6.03. The van der Waals surface area contributed by atoms with Gasteiger partial charge in [-0.2, -0.15) is 13.2 Å². The van der Waals surface area contributed by atoms with E-state index in [2.05, 4.69) is 16.0 Å². The van der Waals surface area contributed by atoms with Crippen LogP contribution in [0.1, 0.15) is 29.7 Å². The number of halogens is 4. The highest BCUT2D eigenvalue weighted by Gasteiger charge is 2.48. The zero-order chi connectivity index (χ0) is 27.1. The Balaban J connectivity index is 2.05. The number of amides is 2. The highest BCUT2D eigenvalue weighted by molar-refractivity contribution is 6.30. The van der Waals surface area contributed by atoms with E-state index in [9.17, 15) is 22.8 Å². The minimum atomic E-state index is -5.16. The van der Waals surface area contributed by atoms with Crippen LogP contribution in [0.3, 0.4) is 0 Å². The van der Waals surface area contributed by atoms with Crippen molar-refractivity contribution in [1.82, 2.24) is 16.0 Å². The second-order valence-corrected chi connectivity index (χ2v) is 8.96. The van der Waals surface area contributed by atoms with Gasteiger partial charge in [-0.15, -0.1) is 0 Å². The summed E-state index contributed by atoms with van der Waals surface area (Å²) in [5.41, 5.74) is -0.0703. The van der Waals surface area contributed by atoms with Crippen molar-refractivity contribution in [2.75, 3.05) is 7.05 Å². The first kappa shape index (κ1) is 28.0. The Hall–Kier alpha value is -3.56. The van der Waals surface area contributed by atoms with Crippen LogP contribution in [-0.4, -0.2) is 31.3 Å². The van der Waals surface area contributed by atoms with Gasteiger partial charge in [-0.1, -0.05) is 84.4 Å². The van der Waals surface area contributed by atoms with E-state index in [0.29, 0.717) is 16.1 Å². The first-order chi connectivity index (χ1) is 17.5. The van der Waals surface area contributed by atoms with Gasteiger partial charge in [0.05, 0.1) is 17.6 Å². The van der Waals surface area contributed by atoms with Crippen molar-refractivity contribution in [3.8, 4) is 0 Å². The standard InChI is InChI=1S/C27H27ClF3N3O3/c1-26(34-24(35)27(29,30)31,20-13-15-21(28)16-14-20)23(22(32-2)19-11-7-4-8-12-19)33-25(36)37-17-18-9-5-3-6-10-18/h3-16,22-23,32H,17H2,1-2H3,(H,33,36)(H,34,35)/t22-,23-,26-/m1/s1. The summed E-state index contributed by atoms with van der Waals surface area (Å²) in [5, 5.41) is 8.25. The zero-order valence-corrected chi connectivity index (χ0v) is 20.9. The predicted molar refractivity (Wildman–Crippen MR) is 135 cm³/mol. The van der Waals surface area contributed by atoms with E-state index in [4.69, 9.17) is 16.3 Å². The van der Waals surface area contributed by atoms with Crippen LogP contribution < -0.4 is 16.0 Å². The molecule has 0 unspecified atom stereocenters. The summed E-state index contributed by atoms with van der Waals surface area (Å²) < 4.78 is 45.7. The molecular weight excluding hydrogens is 507 g/mol. The van der Waals surface area contributed by atoms with Crippen molar-refractivity contribution in [2.45, 2.75) is 37.3 Å². The van der Waals surface area contributed by atoms with E-state index in [0.717, 1.165) is 5.56 Å². The Morgan fingerprint density at radius 1 is 0.919 bits per heavy atom. The molecule has 0 bridgehead atoms. The SMILES string of the molecule is CN[C@H](c1ccccc1)[C@@H](NC(=O)OCc1ccccc1)[C@](C)(NC(=O)C(F)(F)F)c1ccc(Cl)cc1. The number of ether oxygens (including phenoxy) is 1. The molecule has 0 spiro atoms. The van der Waals surface area contributed by atoms with E-state index < -0.39 is 35.8 Å². The predicted octanol–water partition coefficient (Wildman–Crippen LogP) is 5.49. The maximum Gasteiger partial charge on any atom is 0.471 e. The molecule has 196 valence electrons. The van der Waals surface area contributed by atoms with Gasteiger partial charge in [0.25, 0.3) is 0 Å². The normalized spacial score (nSPS) is 14.6. The van der Waals surface area contributed by atoms with E-state index in [1.807, 2.05) is 6.07 Å². The van der Waals surface area contributed by atoms with Gasteiger partial charge >= 0.3 is 18.2 Å². The number of alkyl carbamates (subject to hydrolysis) is 1. The lowest BCUT2D eigenvalue weighted by molar-refractivity contribution is -0.176. The molecule has 37 heavy (non-hydrogen) atoms. The first-order valence-electron chi connectivity index (χ1n) is 11.4. The monoisotopic (exact) mass is 533 g/mol. The number of hydrogen-bond donors (Lipinski definition) is 3. The summed E-state index contributed by atoms with van der Waals surface area (Å²) in [6, 6.07) is 21.9. The third kappa shape index (κ3) is 7.24. The molecular formula is C27H27ClF3N3O3. The molecule has 0 radical (unpaired) electrons. The molecule has 6 nitrogen and oxygen atoms in total. The highest BCUT2D eigenvalue weighted by Crippen LogP contribution is 2.34. The summed E-state index contributed by atoms with van der Waals surface area (Å²) >= 11 is 6.02. The second-order valence-electron chi connectivity index (χ2n) is 8.52. The first-order valence-corrected chi connectivity index (χ1v) is 11.8. The Morgan fingerprint density at radius 3 is 2.03 bits per heavy atom. The average molecular weight is 534 g/mol. The quantitative estimate of drug-likeness (QED) is 0.340. The van der Waals surface area contributed by atoms with Gasteiger partial charge in [-0.05, 0) is 42.8 Å². The van der Waals surface area contributed by atoms with Crippen LogP contribution in [0.2, 0.25) is 5.02 Å². The van der Waals surface area contributed by atoms with Crippen LogP contribution in [0.4, 0.5) is 18.0 Å². The van der Waals surface area contributed by atoms with E-state index in [1.165, 1.54) is 31.2 Å². The molecule has 3 aromatic rings. The number of nitrogens with one attached hydrogen (secondary N) is 3. The van der Waals surface area contributed by atoms with Gasteiger partial charge < -0.3 is 20.7 Å². The minimum Gasteiger partial charge on any atom is -0.445 e. The fraction of sp³-hybridized carbons (Fsp3) is 0.259. The molecule has 3 N–H and O–H groups in total. The molecule has 0 aliphatic carbocycles. The Kier molecular flexibility index (Phi) is 9.18. The van der Waals surface area contributed by atoms with Crippen molar-refractivity contribution in [2.24, 2.45) is 0 Å². The average Bonchev–Trinajstić information content (AvgIpc) is 2.88. The molecule has 2 amide bonds. The molecule has 0 aromatic heterocycles. The van der Waals surface area contributed by atoms with Crippen LogP contribution in [0, 0.1) is 0 Å². The van der Waals surface area contributed by atoms with Gasteiger partial charge in [-0.3, -0.25) is 4.79 Å². The van der Waals surface area contributed by atoms with Crippen LogP contribution in [-0.2, 0) is 21.7 Å². The lowest BCUT2D eigenvalue weighted by Crippen LogP contribution is -2.63. The Bertz CT molecular complexity index is 1180. The van der Waals surface area contributed by atoms with Gasteiger partial charge in [0.2, 0.25) is 0 Å². The highest BCUT2D eigenvalue weighted by atomic mass is 35.5. The van der Waals surface area contributed by atoms with Crippen molar-refractivity contribution in [3.63, 3.8) is 0 Å². The maximum absolute atomic E-state index is 13.4. The number of carbonyl (C=O) groups excluding carboxylic acids is 2. The van der Waals surface area contributed by atoms with Gasteiger partial charge in [0.15, 0.2) is 0 Å². The van der Waals surface area contributed by atoms with Crippen molar-refractivity contribution in [3.05, 3.63) is 107 Å². The van der Waals surface area contributed by atoms with Crippen LogP contribution in [0.5, 0.6) is 0 Å². The minimum absolute atomic E-state index is 0.0540. The molecule has 0 fully saturated rings. The molecule has 3 aromatic carbocycles. The summed E-state index contributed by atoms with van der Waals surface area (Å²) in [4.78, 5) is 25.2. The molecule has 10 heteroatoms. The third-order valence-electron chi connectivity index (χ3n) is 5.99. The molecule has 0 saturated heterocycles. The largest absolute Gasteiger partial charge is 0.471 e. The number of hydrogen-bond acceptors (Lipinski definition) is 4. The third-order valence-corrected chi connectivity index (χ3v) is 6.24. The Labute approximate surface area is 218 Å². The fourth-order valence-corrected chi connectivity index (χ4v) is 4.20. The van der Waals surface area contributed by atoms with Crippen LogP contribution in [0.15, 0.2) is 84.9 Å². The molecule has 3 rings (SSSR count). The Morgan fingerprint density at radius 2 is 1.49 bits per heavy atom. The molecule has 0 saturated carbocycles. The van der Waals surface area contributed by atoms with Crippen LogP contribution >= 0.6 is 11.6 Å². The number of likely N-dealkylation sites (N-methyl/N-ethyl adjacent to an activating group) is 1. The van der Waals surface area contributed by atoms with E-state index in [1.54, 1.807) is 61.6 Å². The van der Waals surface area contributed by atoms with Gasteiger partial charge in [-0.25, -0.2) is 4.79 Å². The number of rotatable bonds is 9. The van der Waals surface area contributed by atoms with Gasteiger partial charge in [0, 0.05) is 5.02 Å². The smallest absolute Gasteiger partial charge is 0.445 e. The fourth-order valence-electron chi connectivity index (χ4n) is 4.07. The lowest BCUT2D eigenvalue weighted by Gasteiger charge is -2.43. The maximum atomic E-state index is 13.4. The number of alkyl halides is 3. The number of carbonyl (C=O) groups is 2. The summed E-state index contributed by atoms with van der Waals surface area (Å²) in [7, 11) is 1.61. The zero-order valence-electron chi connectivity index (χ0n) is 20.2. The number of benzene rings is 3. The second kappa shape index (κ2) is 12.1. The van der Waals surface area contributed by atoms with Crippen LogP contribution in [0.25, 0.3) is 0 Å². The van der Waals surface area contributed by atoms with Crippen molar-refractivity contribution < 1.29 is 27.5 Å². The van der Waals surface area contributed by atoms with Crippen molar-refractivity contribution >= 4 is 23.6 Å². The lowest BCUT2D eigenvalue weighted by atomic mass is 9.78. The van der Waals surface area contributed by atoms with Gasteiger partial charge in [0.1, 0.15) is 6.61 Å². The molecule has 0 aliphatic heterocycles. The van der Waals surface area contributed by atoms with Crippen molar-refractivity contribution in [1.29, 1.82) is 0 Å². The summed E-state index contributed by atoms with van der Waals surface area (Å²) in [5.74, 6) is -2.16. The summed E-state index contributed by atoms with van der Waals surface area (Å²) in [6.45, 7) is 1.36. The van der Waals surface area contributed by atoms with E-state index >= 15 is 0 Å². The topological polar surface area (TPSA) is 79.5 Å². The molecule has 0 aliphatic rings.